The third-order valence-corrected chi connectivity index (χ3v) is 6.85. The first-order valence-corrected chi connectivity index (χ1v) is 12.1. The number of hydrogen-bond donors (Lipinski definition) is 2. The molecule has 0 radical (unpaired) electrons. The Hall–Kier alpha value is -3.35. The van der Waals surface area contributed by atoms with Crippen LogP contribution in [0.5, 0.6) is 0 Å². The van der Waals surface area contributed by atoms with Crippen LogP contribution >= 0.6 is 0 Å². The van der Waals surface area contributed by atoms with E-state index >= 15 is 0 Å². The van der Waals surface area contributed by atoms with E-state index in [-0.39, 0.29) is 30.9 Å². The minimum Gasteiger partial charge on any atom is -0.481 e. The molecule has 2 N–H and O–H groups in total. The fourth-order valence-corrected chi connectivity index (χ4v) is 5.19. The molecule has 7 heteroatoms. The average molecular weight is 465 g/mol. The molecule has 1 aliphatic carbocycles. The summed E-state index contributed by atoms with van der Waals surface area (Å²) >= 11 is 0. The van der Waals surface area contributed by atoms with Gasteiger partial charge >= 0.3 is 12.1 Å². The van der Waals surface area contributed by atoms with Crippen molar-refractivity contribution in [3.63, 3.8) is 0 Å². The van der Waals surface area contributed by atoms with Crippen LogP contribution in [0.3, 0.4) is 0 Å². The summed E-state index contributed by atoms with van der Waals surface area (Å²) in [5.41, 5.74) is 4.57. The standard InChI is InChI=1S/C27H32N2O5/c1-2-3-14-24(26(32)29-15-8-9-18(29)16-25(30)31)28-27(33)34-17-23-21-12-6-4-10-19(21)20-11-5-7-13-22(20)23/h4-7,10-13,18,23-24H,2-3,8-9,14-17H2,1H3,(H,28,33)(H,30,31). The highest BCUT2D eigenvalue weighted by molar-refractivity contribution is 5.86. The van der Waals surface area contributed by atoms with Crippen molar-refractivity contribution < 1.29 is 24.2 Å². The predicted octanol–water partition coefficient (Wildman–Crippen LogP) is 4.55. The SMILES string of the molecule is CCCCC(NC(=O)OCC1c2ccccc2-c2ccccc21)C(=O)N1CCCC1CC(=O)O. The quantitative estimate of drug-likeness (QED) is 0.568. The number of hydrogen-bond acceptors (Lipinski definition) is 4. The van der Waals surface area contributed by atoms with E-state index in [0.717, 1.165) is 41.5 Å². The number of unbranched alkanes of at least 4 members (excludes halogenated alkanes) is 1. The maximum Gasteiger partial charge on any atom is 0.407 e. The summed E-state index contributed by atoms with van der Waals surface area (Å²) in [6.07, 6.45) is 2.91. The lowest BCUT2D eigenvalue weighted by Gasteiger charge is -2.28. The summed E-state index contributed by atoms with van der Waals surface area (Å²) in [5, 5.41) is 12.0. The largest absolute Gasteiger partial charge is 0.481 e. The van der Waals surface area contributed by atoms with Crippen LogP contribution in [0.15, 0.2) is 48.5 Å². The van der Waals surface area contributed by atoms with Crippen LogP contribution < -0.4 is 5.32 Å². The van der Waals surface area contributed by atoms with Crippen LogP contribution in [-0.2, 0) is 14.3 Å². The summed E-state index contributed by atoms with van der Waals surface area (Å²) in [5.74, 6) is -1.19. The molecule has 1 saturated heterocycles. The second-order valence-corrected chi connectivity index (χ2v) is 9.09. The normalized spacial score (nSPS) is 17.7. The zero-order valence-corrected chi connectivity index (χ0v) is 19.5. The summed E-state index contributed by atoms with van der Waals surface area (Å²) in [7, 11) is 0. The minimum absolute atomic E-state index is 0.0542. The molecule has 2 amide bonds. The zero-order chi connectivity index (χ0) is 24.1. The van der Waals surface area contributed by atoms with Crippen LogP contribution in [0.4, 0.5) is 4.79 Å². The van der Waals surface area contributed by atoms with E-state index in [1.807, 2.05) is 31.2 Å². The molecule has 0 bridgehead atoms. The van der Waals surface area contributed by atoms with E-state index in [0.29, 0.717) is 19.4 Å². The summed E-state index contributed by atoms with van der Waals surface area (Å²) in [6, 6.07) is 15.2. The molecule has 0 aromatic heterocycles. The molecule has 0 spiro atoms. The molecule has 7 nitrogen and oxygen atoms in total. The van der Waals surface area contributed by atoms with Gasteiger partial charge in [0, 0.05) is 18.5 Å². The first-order chi connectivity index (χ1) is 16.5. The zero-order valence-electron chi connectivity index (χ0n) is 19.5. The Kier molecular flexibility index (Phi) is 7.50. The van der Waals surface area contributed by atoms with E-state index in [4.69, 9.17) is 4.74 Å². The van der Waals surface area contributed by atoms with Crippen molar-refractivity contribution in [2.45, 2.75) is 63.5 Å². The molecule has 0 saturated carbocycles. The number of benzene rings is 2. The number of alkyl carbamates (subject to hydrolysis) is 1. The number of ether oxygens (including phenoxy) is 1. The summed E-state index contributed by atoms with van der Waals surface area (Å²) in [6.45, 7) is 2.73. The molecule has 1 fully saturated rings. The van der Waals surface area contributed by atoms with Gasteiger partial charge in [0.25, 0.3) is 0 Å². The molecule has 1 aliphatic heterocycles. The monoisotopic (exact) mass is 464 g/mol. The Morgan fingerprint density at radius 3 is 2.35 bits per heavy atom. The molecular weight excluding hydrogens is 432 g/mol. The first kappa shape index (κ1) is 23.8. The van der Waals surface area contributed by atoms with Crippen LogP contribution in [0.25, 0.3) is 11.1 Å². The van der Waals surface area contributed by atoms with Crippen LogP contribution in [0.1, 0.15) is 62.5 Å². The van der Waals surface area contributed by atoms with Gasteiger partial charge in [-0.1, -0.05) is 68.3 Å². The number of nitrogens with zero attached hydrogens (tertiary/aromatic N) is 1. The molecule has 4 rings (SSSR count). The molecule has 2 unspecified atom stereocenters. The van der Waals surface area contributed by atoms with Crippen molar-refractivity contribution in [3.05, 3.63) is 59.7 Å². The van der Waals surface area contributed by atoms with Crippen LogP contribution in [0.2, 0.25) is 0 Å². The Labute approximate surface area is 200 Å². The second kappa shape index (κ2) is 10.7. The van der Waals surface area contributed by atoms with E-state index in [2.05, 4.69) is 29.6 Å². The van der Waals surface area contributed by atoms with Gasteiger partial charge in [0.05, 0.1) is 6.42 Å². The molecule has 2 aromatic carbocycles. The van der Waals surface area contributed by atoms with E-state index in [9.17, 15) is 19.5 Å². The van der Waals surface area contributed by atoms with Gasteiger partial charge in [-0.25, -0.2) is 4.79 Å². The maximum atomic E-state index is 13.2. The Morgan fingerprint density at radius 2 is 1.74 bits per heavy atom. The first-order valence-electron chi connectivity index (χ1n) is 12.1. The molecule has 180 valence electrons. The Balaban J connectivity index is 1.42. The van der Waals surface area contributed by atoms with Gasteiger partial charge in [0.2, 0.25) is 5.91 Å². The van der Waals surface area contributed by atoms with Gasteiger partial charge in [-0.3, -0.25) is 9.59 Å². The summed E-state index contributed by atoms with van der Waals surface area (Å²) < 4.78 is 5.64. The number of likely N-dealkylation sites (tertiary alicyclic amines) is 1. The van der Waals surface area contributed by atoms with E-state index in [1.54, 1.807) is 4.90 Å². The average Bonchev–Trinajstić information content (AvgIpc) is 3.42. The fourth-order valence-electron chi connectivity index (χ4n) is 5.19. The molecule has 2 aromatic rings. The van der Waals surface area contributed by atoms with E-state index < -0.39 is 18.1 Å². The van der Waals surface area contributed by atoms with E-state index in [1.165, 1.54) is 0 Å². The second-order valence-electron chi connectivity index (χ2n) is 9.09. The third kappa shape index (κ3) is 5.08. The van der Waals surface area contributed by atoms with Gasteiger partial charge in [-0.15, -0.1) is 0 Å². The minimum atomic E-state index is -0.917. The lowest BCUT2D eigenvalue weighted by atomic mass is 9.98. The van der Waals surface area contributed by atoms with Crippen molar-refractivity contribution in [1.82, 2.24) is 10.2 Å². The van der Waals surface area contributed by atoms with Gasteiger partial charge in [-0.2, -0.15) is 0 Å². The van der Waals surface area contributed by atoms with Gasteiger partial charge in [-0.05, 0) is 41.5 Å². The highest BCUT2D eigenvalue weighted by atomic mass is 16.5. The van der Waals surface area contributed by atoms with Crippen molar-refractivity contribution in [2.75, 3.05) is 13.2 Å². The highest BCUT2D eigenvalue weighted by Gasteiger charge is 2.35. The fraction of sp³-hybridized carbons (Fsp3) is 0.444. The van der Waals surface area contributed by atoms with Gasteiger partial charge in [0.1, 0.15) is 12.6 Å². The number of carboxylic acids is 1. The number of fused-ring (bicyclic) bond motifs is 3. The van der Waals surface area contributed by atoms with Gasteiger partial charge in [0.15, 0.2) is 0 Å². The maximum absolute atomic E-state index is 13.2. The number of rotatable bonds is 9. The molecule has 2 atom stereocenters. The number of carbonyl (C=O) groups is 3. The number of amides is 2. The lowest BCUT2D eigenvalue weighted by Crippen LogP contribution is -2.50. The number of nitrogens with one attached hydrogen (secondary N) is 1. The molecular formula is C27H32N2O5. The summed E-state index contributed by atoms with van der Waals surface area (Å²) in [4.78, 5) is 38.8. The predicted molar refractivity (Wildman–Crippen MR) is 129 cm³/mol. The van der Waals surface area contributed by atoms with Crippen molar-refractivity contribution in [3.8, 4) is 11.1 Å². The topological polar surface area (TPSA) is 95.9 Å². The van der Waals surface area contributed by atoms with Crippen molar-refractivity contribution in [1.29, 1.82) is 0 Å². The molecule has 34 heavy (non-hydrogen) atoms. The number of aliphatic carboxylic acids is 1. The number of carbonyl (C=O) groups excluding carboxylic acids is 2. The van der Waals surface area contributed by atoms with Crippen molar-refractivity contribution in [2.24, 2.45) is 0 Å². The Morgan fingerprint density at radius 1 is 1.09 bits per heavy atom. The number of carboxylic acid groups (broad SMARTS) is 1. The highest BCUT2D eigenvalue weighted by Crippen LogP contribution is 2.44. The lowest BCUT2D eigenvalue weighted by molar-refractivity contribution is -0.140. The smallest absolute Gasteiger partial charge is 0.407 e. The molecule has 2 aliphatic rings. The van der Waals surface area contributed by atoms with Crippen LogP contribution in [0, 0.1) is 0 Å². The third-order valence-electron chi connectivity index (χ3n) is 6.85. The van der Waals surface area contributed by atoms with Crippen molar-refractivity contribution >= 4 is 18.0 Å². The Bertz CT molecular complexity index is 1010. The van der Waals surface area contributed by atoms with Crippen LogP contribution in [-0.4, -0.2) is 53.2 Å². The van der Waals surface area contributed by atoms with Gasteiger partial charge < -0.3 is 20.1 Å². The molecule has 1 heterocycles.